The average molecular weight is 252 g/mol. The van der Waals surface area contributed by atoms with E-state index in [2.05, 4.69) is 47.0 Å². The Labute approximate surface area is 104 Å². The molecule has 0 aliphatic heterocycles. The van der Waals surface area contributed by atoms with Crippen molar-refractivity contribution in [2.75, 3.05) is 0 Å². The van der Waals surface area contributed by atoms with Gasteiger partial charge in [-0.05, 0) is 32.2 Å². The van der Waals surface area contributed by atoms with E-state index in [0.717, 1.165) is 10.7 Å². The summed E-state index contributed by atoms with van der Waals surface area (Å²) >= 11 is 3.50. The first-order valence-corrected chi connectivity index (χ1v) is 7.14. The summed E-state index contributed by atoms with van der Waals surface area (Å²) in [6, 6.07) is 4.95. The normalized spacial score (nSPS) is 14.9. The molecule has 0 aliphatic rings. The lowest BCUT2D eigenvalue weighted by molar-refractivity contribution is 0.492. The van der Waals surface area contributed by atoms with E-state index in [1.54, 1.807) is 22.7 Å². The first-order valence-electron chi connectivity index (χ1n) is 5.38. The Bertz CT molecular complexity index is 434. The first-order chi connectivity index (χ1) is 7.66. The lowest BCUT2D eigenvalue weighted by Gasteiger charge is -2.17. The molecule has 2 aromatic rings. The van der Waals surface area contributed by atoms with Gasteiger partial charge in [-0.15, -0.1) is 22.7 Å². The van der Waals surface area contributed by atoms with Crippen molar-refractivity contribution in [3.63, 3.8) is 0 Å². The van der Waals surface area contributed by atoms with Gasteiger partial charge in [-0.1, -0.05) is 6.07 Å². The summed E-state index contributed by atoms with van der Waals surface area (Å²) in [5.74, 6) is 0. The summed E-state index contributed by atoms with van der Waals surface area (Å²) in [4.78, 5) is 5.88. The average Bonchev–Trinajstić information content (AvgIpc) is 2.87. The fraction of sp³-hybridized carbons (Fsp3) is 0.417. The molecule has 0 aromatic carbocycles. The number of aryl methyl sites for hydroxylation is 1. The van der Waals surface area contributed by atoms with E-state index in [-0.39, 0.29) is 0 Å². The van der Waals surface area contributed by atoms with Gasteiger partial charge in [0.2, 0.25) is 0 Å². The maximum atomic E-state index is 4.50. The minimum absolute atomic E-state index is 0.307. The SMILES string of the molecule is Cc1nc(C(C)NC(C)c2cccs2)cs1. The fourth-order valence-corrected chi connectivity index (χ4v) is 3.11. The summed E-state index contributed by atoms with van der Waals surface area (Å²) in [5, 5.41) is 8.95. The monoisotopic (exact) mass is 252 g/mol. The topological polar surface area (TPSA) is 24.9 Å². The van der Waals surface area contributed by atoms with Crippen molar-refractivity contribution in [2.45, 2.75) is 32.9 Å². The van der Waals surface area contributed by atoms with Gasteiger partial charge in [-0.2, -0.15) is 0 Å². The molecule has 0 spiro atoms. The maximum Gasteiger partial charge on any atom is 0.0898 e. The molecule has 16 heavy (non-hydrogen) atoms. The number of thiazole rings is 1. The minimum atomic E-state index is 0.307. The van der Waals surface area contributed by atoms with Crippen LogP contribution in [0.4, 0.5) is 0 Å². The zero-order chi connectivity index (χ0) is 11.5. The first kappa shape index (κ1) is 11.8. The van der Waals surface area contributed by atoms with Gasteiger partial charge in [-0.3, -0.25) is 0 Å². The molecule has 2 nitrogen and oxygen atoms in total. The van der Waals surface area contributed by atoms with Crippen LogP contribution in [0.1, 0.15) is 41.5 Å². The van der Waals surface area contributed by atoms with Crippen LogP contribution in [-0.2, 0) is 0 Å². The van der Waals surface area contributed by atoms with Crippen molar-refractivity contribution in [1.82, 2.24) is 10.3 Å². The van der Waals surface area contributed by atoms with Crippen molar-refractivity contribution in [2.24, 2.45) is 0 Å². The van der Waals surface area contributed by atoms with Crippen LogP contribution in [0.15, 0.2) is 22.9 Å². The van der Waals surface area contributed by atoms with Crippen LogP contribution in [-0.4, -0.2) is 4.98 Å². The molecule has 0 bridgehead atoms. The number of aromatic nitrogens is 1. The van der Waals surface area contributed by atoms with Crippen molar-refractivity contribution in [1.29, 1.82) is 0 Å². The molecular weight excluding hydrogens is 236 g/mol. The Hall–Kier alpha value is -0.710. The van der Waals surface area contributed by atoms with E-state index in [1.165, 1.54) is 4.88 Å². The van der Waals surface area contributed by atoms with E-state index in [1.807, 2.05) is 6.92 Å². The number of hydrogen-bond donors (Lipinski definition) is 1. The number of rotatable bonds is 4. The van der Waals surface area contributed by atoms with E-state index >= 15 is 0 Å². The highest BCUT2D eigenvalue weighted by molar-refractivity contribution is 7.10. The number of hydrogen-bond acceptors (Lipinski definition) is 4. The highest BCUT2D eigenvalue weighted by Gasteiger charge is 2.13. The second kappa shape index (κ2) is 5.08. The molecule has 0 saturated carbocycles. The molecule has 2 aromatic heterocycles. The summed E-state index contributed by atoms with van der Waals surface area (Å²) in [6.07, 6.45) is 0. The molecule has 0 amide bonds. The minimum Gasteiger partial charge on any atom is -0.301 e. The van der Waals surface area contributed by atoms with Crippen LogP contribution in [0.2, 0.25) is 0 Å². The lowest BCUT2D eigenvalue weighted by atomic mass is 10.2. The molecular formula is C12H16N2S2. The Morgan fingerprint density at radius 3 is 2.62 bits per heavy atom. The van der Waals surface area contributed by atoms with E-state index in [4.69, 9.17) is 0 Å². The van der Waals surface area contributed by atoms with E-state index < -0.39 is 0 Å². The van der Waals surface area contributed by atoms with Crippen LogP contribution in [0.5, 0.6) is 0 Å². The zero-order valence-corrected chi connectivity index (χ0v) is 11.4. The van der Waals surface area contributed by atoms with E-state index in [0.29, 0.717) is 12.1 Å². The molecule has 2 heterocycles. The Morgan fingerprint density at radius 2 is 2.06 bits per heavy atom. The Morgan fingerprint density at radius 1 is 1.25 bits per heavy atom. The number of thiophene rings is 1. The van der Waals surface area contributed by atoms with Gasteiger partial charge in [0.05, 0.1) is 10.7 Å². The molecule has 86 valence electrons. The largest absolute Gasteiger partial charge is 0.301 e. The van der Waals surface area contributed by atoms with Crippen molar-refractivity contribution in [3.8, 4) is 0 Å². The van der Waals surface area contributed by atoms with Crippen LogP contribution >= 0.6 is 22.7 Å². The smallest absolute Gasteiger partial charge is 0.0898 e. The molecule has 1 N–H and O–H groups in total. The summed E-state index contributed by atoms with van der Waals surface area (Å²) in [7, 11) is 0. The van der Waals surface area contributed by atoms with Gasteiger partial charge < -0.3 is 5.32 Å². The molecule has 2 rings (SSSR count). The molecule has 0 fully saturated rings. The quantitative estimate of drug-likeness (QED) is 0.892. The van der Waals surface area contributed by atoms with Crippen molar-refractivity contribution < 1.29 is 0 Å². The van der Waals surface area contributed by atoms with Crippen LogP contribution < -0.4 is 5.32 Å². The van der Waals surface area contributed by atoms with Gasteiger partial charge in [0, 0.05) is 22.3 Å². The third-order valence-corrected chi connectivity index (χ3v) is 4.40. The van der Waals surface area contributed by atoms with Gasteiger partial charge >= 0.3 is 0 Å². The molecule has 2 unspecified atom stereocenters. The van der Waals surface area contributed by atoms with Gasteiger partial charge in [0.15, 0.2) is 0 Å². The predicted octanol–water partition coefficient (Wildman–Crippen LogP) is 3.92. The summed E-state index contributed by atoms with van der Waals surface area (Å²) < 4.78 is 0. The van der Waals surface area contributed by atoms with Crippen molar-refractivity contribution in [3.05, 3.63) is 38.5 Å². The summed E-state index contributed by atoms with van der Waals surface area (Å²) in [6.45, 7) is 6.41. The fourth-order valence-electron chi connectivity index (χ4n) is 1.66. The van der Waals surface area contributed by atoms with Crippen LogP contribution in [0.3, 0.4) is 0 Å². The molecule has 0 saturated heterocycles. The van der Waals surface area contributed by atoms with Crippen molar-refractivity contribution >= 4 is 22.7 Å². The second-order valence-electron chi connectivity index (χ2n) is 3.92. The maximum absolute atomic E-state index is 4.50. The predicted molar refractivity (Wildman–Crippen MR) is 71.1 cm³/mol. The Kier molecular flexibility index (Phi) is 3.74. The third-order valence-electron chi connectivity index (χ3n) is 2.55. The molecule has 2 atom stereocenters. The molecule has 0 radical (unpaired) electrons. The Balaban J connectivity index is 2.00. The number of nitrogens with zero attached hydrogens (tertiary/aromatic N) is 1. The standard InChI is InChI=1S/C12H16N2S2/c1-8(11-7-16-10(3)14-11)13-9(2)12-5-4-6-15-12/h4-9,13H,1-3H3. The lowest BCUT2D eigenvalue weighted by Crippen LogP contribution is -2.22. The highest BCUT2D eigenvalue weighted by atomic mass is 32.1. The van der Waals surface area contributed by atoms with E-state index in [9.17, 15) is 0 Å². The van der Waals surface area contributed by atoms with Gasteiger partial charge in [0.1, 0.15) is 0 Å². The number of nitrogens with one attached hydrogen (secondary N) is 1. The second-order valence-corrected chi connectivity index (χ2v) is 5.96. The van der Waals surface area contributed by atoms with Gasteiger partial charge in [0.25, 0.3) is 0 Å². The van der Waals surface area contributed by atoms with Crippen LogP contribution in [0, 0.1) is 6.92 Å². The highest BCUT2D eigenvalue weighted by Crippen LogP contribution is 2.23. The zero-order valence-electron chi connectivity index (χ0n) is 9.73. The third kappa shape index (κ3) is 2.70. The van der Waals surface area contributed by atoms with Gasteiger partial charge in [-0.25, -0.2) is 4.98 Å². The summed E-state index contributed by atoms with van der Waals surface area (Å²) in [5.41, 5.74) is 1.14. The molecule has 4 heteroatoms. The molecule has 0 aliphatic carbocycles. The van der Waals surface area contributed by atoms with Crippen LogP contribution in [0.25, 0.3) is 0 Å².